The molecule has 0 heterocycles. The highest BCUT2D eigenvalue weighted by molar-refractivity contribution is 6.30. The SMILES string of the molecule is CC(CN(C)C(=O)NCCOc1ccc(Cl)c(F)c1)C(=O)O. The molecule has 0 saturated carbocycles. The number of ether oxygens (including phenoxy) is 1. The van der Waals surface area contributed by atoms with Crippen LogP contribution in [0, 0.1) is 11.7 Å². The fourth-order valence-electron chi connectivity index (χ4n) is 1.60. The van der Waals surface area contributed by atoms with Crippen molar-refractivity contribution in [2.45, 2.75) is 6.92 Å². The standard InChI is InChI=1S/C14H18ClFN2O4/c1-9(13(19)20)8-18(2)14(21)17-5-6-22-10-3-4-11(15)12(16)7-10/h3-4,7,9H,5-6,8H2,1-2H3,(H,17,21)(H,19,20). The monoisotopic (exact) mass is 332 g/mol. The van der Waals surface area contributed by atoms with Crippen LogP contribution >= 0.6 is 11.6 Å². The van der Waals surface area contributed by atoms with Gasteiger partial charge in [-0.1, -0.05) is 18.5 Å². The fraction of sp³-hybridized carbons (Fsp3) is 0.429. The van der Waals surface area contributed by atoms with Gasteiger partial charge in [0.1, 0.15) is 18.2 Å². The number of nitrogens with zero attached hydrogens (tertiary/aromatic N) is 1. The van der Waals surface area contributed by atoms with Crippen LogP contribution in [0.3, 0.4) is 0 Å². The largest absolute Gasteiger partial charge is 0.492 e. The molecule has 1 atom stereocenters. The van der Waals surface area contributed by atoms with Crippen molar-refractivity contribution in [1.29, 1.82) is 0 Å². The van der Waals surface area contributed by atoms with E-state index in [0.29, 0.717) is 5.75 Å². The van der Waals surface area contributed by atoms with Gasteiger partial charge in [-0.05, 0) is 12.1 Å². The van der Waals surface area contributed by atoms with Gasteiger partial charge in [-0.15, -0.1) is 0 Å². The number of aliphatic carboxylic acids is 1. The van der Waals surface area contributed by atoms with Crippen molar-refractivity contribution >= 4 is 23.6 Å². The number of carbonyl (C=O) groups is 2. The molecular weight excluding hydrogens is 315 g/mol. The third-order valence-electron chi connectivity index (χ3n) is 2.85. The van der Waals surface area contributed by atoms with Crippen LogP contribution in [-0.2, 0) is 4.79 Å². The number of halogens is 2. The van der Waals surface area contributed by atoms with E-state index in [1.807, 2.05) is 0 Å². The predicted octanol–water partition coefficient (Wildman–Crippen LogP) is 2.22. The summed E-state index contributed by atoms with van der Waals surface area (Å²) in [6.45, 7) is 1.97. The van der Waals surface area contributed by atoms with Crippen molar-refractivity contribution < 1.29 is 23.8 Å². The number of carbonyl (C=O) groups excluding carboxylic acids is 1. The van der Waals surface area contributed by atoms with Crippen molar-refractivity contribution in [2.75, 3.05) is 26.7 Å². The third kappa shape index (κ3) is 5.77. The maximum atomic E-state index is 13.2. The van der Waals surface area contributed by atoms with Crippen LogP contribution in [0.15, 0.2) is 18.2 Å². The van der Waals surface area contributed by atoms with Gasteiger partial charge in [0.15, 0.2) is 0 Å². The minimum atomic E-state index is -0.965. The number of benzene rings is 1. The molecule has 1 unspecified atom stereocenters. The summed E-state index contributed by atoms with van der Waals surface area (Å²) in [5.74, 6) is -1.88. The molecule has 1 aromatic carbocycles. The summed E-state index contributed by atoms with van der Waals surface area (Å²) < 4.78 is 18.4. The molecule has 6 nitrogen and oxygen atoms in total. The first-order chi connectivity index (χ1) is 10.3. The second-order valence-electron chi connectivity index (χ2n) is 4.78. The topological polar surface area (TPSA) is 78.9 Å². The highest BCUT2D eigenvalue weighted by atomic mass is 35.5. The van der Waals surface area contributed by atoms with E-state index in [1.54, 1.807) is 0 Å². The molecule has 0 saturated heterocycles. The van der Waals surface area contributed by atoms with Gasteiger partial charge in [-0.25, -0.2) is 9.18 Å². The van der Waals surface area contributed by atoms with E-state index in [-0.39, 0.29) is 24.7 Å². The van der Waals surface area contributed by atoms with Gasteiger partial charge >= 0.3 is 12.0 Å². The smallest absolute Gasteiger partial charge is 0.317 e. The number of urea groups is 1. The summed E-state index contributed by atoms with van der Waals surface area (Å²) in [5, 5.41) is 11.4. The van der Waals surface area contributed by atoms with E-state index in [4.69, 9.17) is 21.4 Å². The fourth-order valence-corrected chi connectivity index (χ4v) is 1.72. The molecular formula is C14H18ClFN2O4. The Morgan fingerprint density at radius 2 is 2.18 bits per heavy atom. The Hall–Kier alpha value is -2.02. The van der Waals surface area contributed by atoms with E-state index in [9.17, 15) is 14.0 Å². The molecule has 0 fully saturated rings. The van der Waals surface area contributed by atoms with Crippen LogP contribution in [-0.4, -0.2) is 48.8 Å². The Kier molecular flexibility index (Phi) is 6.91. The zero-order valence-corrected chi connectivity index (χ0v) is 13.1. The molecule has 22 heavy (non-hydrogen) atoms. The number of nitrogens with one attached hydrogen (secondary N) is 1. The highest BCUT2D eigenvalue weighted by Gasteiger charge is 2.16. The summed E-state index contributed by atoms with van der Waals surface area (Å²) >= 11 is 5.55. The predicted molar refractivity (Wildman–Crippen MR) is 79.7 cm³/mol. The van der Waals surface area contributed by atoms with Gasteiger partial charge in [-0.3, -0.25) is 4.79 Å². The van der Waals surface area contributed by atoms with Crippen LogP contribution in [0.25, 0.3) is 0 Å². The second kappa shape index (κ2) is 8.43. The van der Waals surface area contributed by atoms with Crippen molar-refractivity contribution in [3.8, 4) is 5.75 Å². The molecule has 0 aliphatic carbocycles. The summed E-state index contributed by atoms with van der Waals surface area (Å²) in [7, 11) is 1.50. The van der Waals surface area contributed by atoms with E-state index in [0.717, 1.165) is 6.07 Å². The Balaban J connectivity index is 2.30. The van der Waals surface area contributed by atoms with Crippen LogP contribution in [0.2, 0.25) is 5.02 Å². The Bertz CT molecular complexity index is 542. The molecule has 0 aliphatic rings. The van der Waals surface area contributed by atoms with Crippen LogP contribution in [0.1, 0.15) is 6.92 Å². The minimum absolute atomic E-state index is 0.00910. The second-order valence-corrected chi connectivity index (χ2v) is 5.18. The van der Waals surface area contributed by atoms with Crippen LogP contribution in [0.4, 0.5) is 9.18 Å². The molecule has 1 aromatic rings. The van der Waals surface area contributed by atoms with Gasteiger partial charge in [0, 0.05) is 19.7 Å². The molecule has 0 aliphatic heterocycles. The van der Waals surface area contributed by atoms with E-state index in [1.165, 1.54) is 31.0 Å². The Labute approximate surface area is 132 Å². The first kappa shape index (κ1) is 18.0. The van der Waals surface area contributed by atoms with E-state index >= 15 is 0 Å². The number of carboxylic acid groups (broad SMARTS) is 1. The van der Waals surface area contributed by atoms with Gasteiger partial charge in [-0.2, -0.15) is 0 Å². The Morgan fingerprint density at radius 3 is 2.77 bits per heavy atom. The molecule has 2 amide bonds. The van der Waals surface area contributed by atoms with Crippen LogP contribution < -0.4 is 10.1 Å². The van der Waals surface area contributed by atoms with Gasteiger partial charge in [0.2, 0.25) is 0 Å². The van der Waals surface area contributed by atoms with Gasteiger partial charge in [0.25, 0.3) is 0 Å². The maximum Gasteiger partial charge on any atom is 0.317 e. The highest BCUT2D eigenvalue weighted by Crippen LogP contribution is 2.20. The molecule has 0 radical (unpaired) electrons. The number of hydrogen-bond acceptors (Lipinski definition) is 3. The molecule has 122 valence electrons. The lowest BCUT2D eigenvalue weighted by molar-refractivity contribution is -0.141. The molecule has 0 spiro atoms. The summed E-state index contributed by atoms with van der Waals surface area (Å²) in [6.07, 6.45) is 0. The first-order valence-corrected chi connectivity index (χ1v) is 6.98. The molecule has 2 N–H and O–H groups in total. The maximum absolute atomic E-state index is 13.2. The summed E-state index contributed by atoms with van der Waals surface area (Å²) in [6, 6.07) is 3.66. The van der Waals surface area contributed by atoms with Crippen LogP contribution in [0.5, 0.6) is 5.75 Å². The average molecular weight is 333 g/mol. The van der Waals surface area contributed by atoms with Gasteiger partial charge in [0.05, 0.1) is 17.5 Å². The lowest BCUT2D eigenvalue weighted by Crippen LogP contribution is -2.42. The Morgan fingerprint density at radius 1 is 1.50 bits per heavy atom. The lowest BCUT2D eigenvalue weighted by Gasteiger charge is -2.20. The van der Waals surface area contributed by atoms with Crippen molar-refractivity contribution in [3.63, 3.8) is 0 Å². The van der Waals surface area contributed by atoms with Crippen molar-refractivity contribution in [1.82, 2.24) is 10.2 Å². The van der Waals surface area contributed by atoms with Crippen molar-refractivity contribution in [3.05, 3.63) is 29.0 Å². The third-order valence-corrected chi connectivity index (χ3v) is 3.16. The zero-order valence-electron chi connectivity index (χ0n) is 12.3. The number of amides is 2. The van der Waals surface area contributed by atoms with E-state index < -0.39 is 23.7 Å². The number of rotatable bonds is 7. The van der Waals surface area contributed by atoms with E-state index in [2.05, 4.69) is 5.32 Å². The summed E-state index contributed by atoms with van der Waals surface area (Å²) in [4.78, 5) is 23.7. The zero-order chi connectivity index (χ0) is 16.7. The molecule has 1 rings (SSSR count). The first-order valence-electron chi connectivity index (χ1n) is 6.61. The normalized spacial score (nSPS) is 11.6. The number of hydrogen-bond donors (Lipinski definition) is 2. The quantitative estimate of drug-likeness (QED) is 0.750. The molecule has 0 aromatic heterocycles. The lowest BCUT2D eigenvalue weighted by atomic mass is 10.2. The van der Waals surface area contributed by atoms with Crippen molar-refractivity contribution in [2.24, 2.45) is 5.92 Å². The average Bonchev–Trinajstić information content (AvgIpc) is 2.46. The van der Waals surface area contributed by atoms with Gasteiger partial charge < -0.3 is 20.1 Å². The molecule has 0 bridgehead atoms. The summed E-state index contributed by atoms with van der Waals surface area (Å²) in [5.41, 5.74) is 0. The molecule has 8 heteroatoms. The minimum Gasteiger partial charge on any atom is -0.492 e. The number of carboxylic acids is 1.